The average molecular weight is 377 g/mol. The number of benzene rings is 2. The molecule has 0 spiro atoms. The molecule has 1 aliphatic heterocycles. The predicted molar refractivity (Wildman–Crippen MR) is 96.8 cm³/mol. The van der Waals surface area contributed by atoms with Crippen LogP contribution in [-0.2, 0) is 16.4 Å². The Kier molecular flexibility index (Phi) is 4.59. The number of fused-ring (bicyclic) bond motifs is 1. The van der Waals surface area contributed by atoms with E-state index in [4.69, 9.17) is 0 Å². The number of rotatable bonds is 2. The molecule has 0 radical (unpaired) electrons. The number of nitrogens with one attached hydrogen (secondary N) is 3. The van der Waals surface area contributed by atoms with Gasteiger partial charge in [-0.05, 0) is 35.9 Å². The molecule has 1 heterocycles. The van der Waals surface area contributed by atoms with E-state index in [0.29, 0.717) is 17.8 Å². The van der Waals surface area contributed by atoms with Crippen LogP contribution in [0.1, 0.15) is 31.4 Å². The van der Waals surface area contributed by atoms with Gasteiger partial charge in [-0.2, -0.15) is 13.2 Å². The summed E-state index contributed by atoms with van der Waals surface area (Å²) >= 11 is 0. The first-order chi connectivity index (χ1) is 12.5. The molecule has 0 bridgehead atoms. The van der Waals surface area contributed by atoms with Crippen molar-refractivity contribution in [1.29, 1.82) is 0 Å². The third-order valence-corrected chi connectivity index (χ3v) is 4.33. The lowest BCUT2D eigenvalue weighted by Gasteiger charge is -2.32. The molecular weight excluding hydrogens is 359 g/mol. The first kappa shape index (κ1) is 18.8. The summed E-state index contributed by atoms with van der Waals surface area (Å²) in [5.41, 5.74) is 0.820. The highest BCUT2D eigenvalue weighted by Crippen LogP contribution is 2.38. The first-order valence-corrected chi connectivity index (χ1v) is 8.24. The Morgan fingerprint density at radius 1 is 1.07 bits per heavy atom. The van der Waals surface area contributed by atoms with E-state index < -0.39 is 17.8 Å². The second-order valence-corrected chi connectivity index (χ2v) is 7.03. The molecule has 1 aliphatic rings. The van der Waals surface area contributed by atoms with Crippen LogP contribution in [0.2, 0.25) is 0 Å². The lowest BCUT2D eigenvalue weighted by molar-refractivity contribution is -0.137. The number of anilines is 3. The maximum absolute atomic E-state index is 12.7. The van der Waals surface area contributed by atoms with Crippen molar-refractivity contribution < 1.29 is 22.8 Å². The van der Waals surface area contributed by atoms with Crippen LogP contribution in [-0.4, -0.2) is 11.9 Å². The monoisotopic (exact) mass is 377 g/mol. The van der Waals surface area contributed by atoms with Gasteiger partial charge in [-0.3, -0.25) is 4.79 Å². The predicted octanol–water partition coefficient (Wildman–Crippen LogP) is 4.97. The van der Waals surface area contributed by atoms with Gasteiger partial charge in [-0.15, -0.1) is 0 Å². The Morgan fingerprint density at radius 3 is 2.41 bits per heavy atom. The highest BCUT2D eigenvalue weighted by atomic mass is 19.4. The van der Waals surface area contributed by atoms with Gasteiger partial charge in [0.25, 0.3) is 0 Å². The average Bonchev–Trinajstić information content (AvgIpc) is 2.52. The Hall–Kier alpha value is -3.03. The standard InChI is InChI=1S/C19H18F3N3O2/c1-18(2)10-16(26)25-15-9-13(6-7-14(15)18)24-17(27)23-12-5-3-4-11(8-12)19(20,21)22/h3-9H,10H2,1-2H3,(H,25,26)(H2,23,24,27). The molecule has 0 aromatic heterocycles. The summed E-state index contributed by atoms with van der Waals surface area (Å²) in [6.07, 6.45) is -4.12. The van der Waals surface area contributed by atoms with Gasteiger partial charge >= 0.3 is 12.2 Å². The molecule has 0 unspecified atom stereocenters. The molecule has 0 saturated carbocycles. The number of hydrogen-bond donors (Lipinski definition) is 3. The summed E-state index contributed by atoms with van der Waals surface area (Å²) in [5, 5.41) is 7.70. The zero-order valence-corrected chi connectivity index (χ0v) is 14.7. The van der Waals surface area contributed by atoms with Crippen molar-refractivity contribution in [3.8, 4) is 0 Å². The van der Waals surface area contributed by atoms with Gasteiger partial charge in [0.05, 0.1) is 5.56 Å². The zero-order chi connectivity index (χ0) is 19.8. The molecule has 3 N–H and O–H groups in total. The number of hydrogen-bond acceptors (Lipinski definition) is 2. The van der Waals surface area contributed by atoms with Gasteiger partial charge in [-0.25, -0.2) is 4.79 Å². The minimum Gasteiger partial charge on any atom is -0.326 e. The lowest BCUT2D eigenvalue weighted by Crippen LogP contribution is -2.32. The third kappa shape index (κ3) is 4.21. The second kappa shape index (κ2) is 6.61. The third-order valence-electron chi connectivity index (χ3n) is 4.33. The van der Waals surface area contributed by atoms with Gasteiger partial charge in [0.15, 0.2) is 0 Å². The second-order valence-electron chi connectivity index (χ2n) is 7.03. The van der Waals surface area contributed by atoms with Crippen LogP contribution in [0, 0.1) is 0 Å². The summed E-state index contributed by atoms with van der Waals surface area (Å²) in [7, 11) is 0. The maximum Gasteiger partial charge on any atom is 0.416 e. The quantitative estimate of drug-likeness (QED) is 0.692. The minimum absolute atomic E-state index is 0.0229. The molecule has 2 aromatic rings. The van der Waals surface area contributed by atoms with E-state index in [1.165, 1.54) is 12.1 Å². The number of amides is 3. The molecule has 5 nitrogen and oxygen atoms in total. The molecule has 2 aromatic carbocycles. The number of carbonyl (C=O) groups is 2. The molecule has 3 rings (SSSR count). The Bertz CT molecular complexity index is 907. The largest absolute Gasteiger partial charge is 0.416 e. The molecule has 142 valence electrons. The van der Waals surface area contributed by atoms with Gasteiger partial charge < -0.3 is 16.0 Å². The van der Waals surface area contributed by atoms with E-state index in [9.17, 15) is 22.8 Å². The van der Waals surface area contributed by atoms with Crippen LogP contribution >= 0.6 is 0 Å². The topological polar surface area (TPSA) is 70.2 Å². The minimum atomic E-state index is -4.49. The SMILES string of the molecule is CC1(C)CC(=O)Nc2cc(NC(=O)Nc3cccc(C(F)(F)F)c3)ccc21. The Labute approximate surface area is 154 Å². The van der Waals surface area contributed by atoms with E-state index in [1.54, 1.807) is 12.1 Å². The van der Waals surface area contributed by atoms with E-state index in [2.05, 4.69) is 16.0 Å². The molecule has 27 heavy (non-hydrogen) atoms. The summed E-state index contributed by atoms with van der Waals surface area (Å²) < 4.78 is 38.2. The van der Waals surface area contributed by atoms with Crippen LogP contribution < -0.4 is 16.0 Å². The Balaban J connectivity index is 1.74. The van der Waals surface area contributed by atoms with Gasteiger partial charge in [0.1, 0.15) is 0 Å². The van der Waals surface area contributed by atoms with Gasteiger partial charge in [0, 0.05) is 28.9 Å². The maximum atomic E-state index is 12.7. The number of alkyl halides is 3. The molecule has 0 fully saturated rings. The van der Waals surface area contributed by atoms with Gasteiger partial charge in [0.2, 0.25) is 5.91 Å². The fraction of sp³-hybridized carbons (Fsp3) is 0.263. The fourth-order valence-electron chi connectivity index (χ4n) is 3.07. The Morgan fingerprint density at radius 2 is 1.74 bits per heavy atom. The summed E-state index contributed by atoms with van der Waals surface area (Å²) in [6, 6.07) is 8.81. The van der Waals surface area contributed by atoms with E-state index in [1.807, 2.05) is 19.9 Å². The van der Waals surface area contributed by atoms with Crippen LogP contribution in [0.15, 0.2) is 42.5 Å². The van der Waals surface area contributed by atoms with E-state index >= 15 is 0 Å². The normalized spacial score (nSPS) is 15.5. The molecule has 3 amide bonds. The summed E-state index contributed by atoms with van der Waals surface area (Å²) in [4.78, 5) is 23.9. The van der Waals surface area contributed by atoms with Gasteiger partial charge in [-0.1, -0.05) is 26.0 Å². The van der Waals surface area contributed by atoms with Crippen molar-refractivity contribution in [2.45, 2.75) is 31.9 Å². The highest BCUT2D eigenvalue weighted by molar-refractivity contribution is 6.01. The number of urea groups is 1. The van der Waals surface area contributed by atoms with Crippen molar-refractivity contribution in [2.75, 3.05) is 16.0 Å². The first-order valence-electron chi connectivity index (χ1n) is 8.24. The van der Waals surface area contributed by atoms with E-state index in [-0.39, 0.29) is 17.0 Å². The summed E-state index contributed by atoms with van der Waals surface area (Å²) in [6.45, 7) is 3.91. The number of carbonyl (C=O) groups excluding carboxylic acids is 2. The molecular formula is C19H18F3N3O2. The van der Waals surface area contributed by atoms with Crippen molar-refractivity contribution in [3.05, 3.63) is 53.6 Å². The van der Waals surface area contributed by atoms with Crippen molar-refractivity contribution >= 4 is 29.0 Å². The molecule has 8 heteroatoms. The summed E-state index contributed by atoms with van der Waals surface area (Å²) in [5.74, 6) is -0.113. The fourth-order valence-corrected chi connectivity index (χ4v) is 3.07. The zero-order valence-electron chi connectivity index (χ0n) is 14.7. The lowest BCUT2D eigenvalue weighted by atomic mass is 9.78. The molecule has 0 saturated heterocycles. The highest BCUT2D eigenvalue weighted by Gasteiger charge is 2.32. The molecule has 0 aliphatic carbocycles. The van der Waals surface area contributed by atoms with Crippen molar-refractivity contribution in [3.63, 3.8) is 0 Å². The van der Waals surface area contributed by atoms with Crippen LogP contribution in [0.3, 0.4) is 0 Å². The van der Waals surface area contributed by atoms with Crippen LogP contribution in [0.5, 0.6) is 0 Å². The number of halogens is 3. The van der Waals surface area contributed by atoms with Crippen LogP contribution in [0.25, 0.3) is 0 Å². The van der Waals surface area contributed by atoms with Crippen molar-refractivity contribution in [2.24, 2.45) is 0 Å². The van der Waals surface area contributed by atoms with Crippen molar-refractivity contribution in [1.82, 2.24) is 0 Å². The van der Waals surface area contributed by atoms with Crippen LogP contribution in [0.4, 0.5) is 35.0 Å². The smallest absolute Gasteiger partial charge is 0.326 e. The molecule has 0 atom stereocenters. The van der Waals surface area contributed by atoms with E-state index in [0.717, 1.165) is 17.7 Å².